The Morgan fingerprint density at radius 1 is 1.25 bits per heavy atom. The van der Waals surface area contributed by atoms with Gasteiger partial charge in [-0.05, 0) is 23.3 Å². The van der Waals surface area contributed by atoms with Crippen molar-refractivity contribution in [2.24, 2.45) is 7.05 Å². The number of fused-ring (bicyclic) bond motifs is 2. The van der Waals surface area contributed by atoms with Crippen LogP contribution in [0.25, 0.3) is 26.9 Å². The summed E-state index contributed by atoms with van der Waals surface area (Å²) in [6, 6.07) is 6.63. The van der Waals surface area contributed by atoms with Crippen molar-refractivity contribution >= 4 is 22.4 Å². The largest absolute Gasteiger partial charge is 0.493 e. The van der Waals surface area contributed by atoms with Gasteiger partial charge in [0.2, 0.25) is 5.88 Å². The third-order valence-electron chi connectivity index (χ3n) is 5.59. The molecule has 0 bridgehead atoms. The molecule has 160 valence electrons. The van der Waals surface area contributed by atoms with Gasteiger partial charge < -0.3 is 19.6 Å². The molecule has 1 N–H and O–H groups in total. The summed E-state index contributed by atoms with van der Waals surface area (Å²) in [5.41, 5.74) is 3.00. The van der Waals surface area contributed by atoms with Crippen molar-refractivity contribution < 1.29 is 13.9 Å². The monoisotopic (exact) mass is 430 g/mol. The summed E-state index contributed by atoms with van der Waals surface area (Å²) in [5, 5.41) is 9.06. The predicted molar refractivity (Wildman–Crippen MR) is 117 cm³/mol. The van der Waals surface area contributed by atoms with Gasteiger partial charge in [0.25, 0.3) is 5.82 Å². The molecule has 5 rings (SSSR count). The number of pyridine rings is 2. The number of nitrogens with one attached hydrogen (secondary N) is 1. The number of halogens is 1. The maximum absolute atomic E-state index is 14.5. The lowest BCUT2D eigenvalue weighted by Crippen LogP contribution is -2.07. The summed E-state index contributed by atoms with van der Waals surface area (Å²) in [5.74, 6) is 1.78. The number of rotatable bonds is 5. The lowest BCUT2D eigenvalue weighted by molar-refractivity contribution is 0.356. The molecule has 0 atom stereocenters. The highest BCUT2D eigenvalue weighted by Crippen LogP contribution is 2.35. The van der Waals surface area contributed by atoms with Crippen LogP contribution in [-0.4, -0.2) is 33.5 Å². The van der Waals surface area contributed by atoms with Crippen molar-refractivity contribution in [3.05, 3.63) is 65.0 Å². The van der Waals surface area contributed by atoms with Gasteiger partial charge in [0.15, 0.2) is 0 Å². The summed E-state index contributed by atoms with van der Waals surface area (Å²) in [6.45, 7) is 8.06. The van der Waals surface area contributed by atoms with Gasteiger partial charge in [0.05, 0.1) is 26.5 Å². The Labute approximate surface area is 183 Å². The molecule has 0 aliphatic carbocycles. The fraction of sp³-hybridized carbons (Fsp3) is 0.217. The molecular formula is C23H19FN6O2. The molecule has 0 saturated heterocycles. The summed E-state index contributed by atoms with van der Waals surface area (Å²) >= 11 is 0. The molecule has 0 amide bonds. The van der Waals surface area contributed by atoms with E-state index in [1.807, 2.05) is 6.07 Å². The van der Waals surface area contributed by atoms with Crippen LogP contribution in [0.15, 0.2) is 36.7 Å². The van der Waals surface area contributed by atoms with E-state index in [1.165, 1.54) is 6.07 Å². The van der Waals surface area contributed by atoms with E-state index in [0.717, 1.165) is 33.3 Å². The third-order valence-corrected chi connectivity index (χ3v) is 5.59. The van der Waals surface area contributed by atoms with Gasteiger partial charge in [-0.15, -0.1) is 0 Å². The Morgan fingerprint density at radius 2 is 2.12 bits per heavy atom. The zero-order valence-corrected chi connectivity index (χ0v) is 17.5. The molecular weight excluding hydrogens is 411 g/mol. The van der Waals surface area contributed by atoms with Crippen LogP contribution >= 0.6 is 0 Å². The summed E-state index contributed by atoms with van der Waals surface area (Å²) in [7, 11) is 3.33. The van der Waals surface area contributed by atoms with Crippen LogP contribution in [0.5, 0.6) is 11.6 Å². The number of hydrogen-bond donors (Lipinski definition) is 1. The maximum atomic E-state index is 14.5. The average molecular weight is 430 g/mol. The van der Waals surface area contributed by atoms with Crippen LogP contribution in [0.4, 0.5) is 16.0 Å². The van der Waals surface area contributed by atoms with E-state index in [4.69, 9.17) is 16.0 Å². The topological polar surface area (TPSA) is 78.5 Å². The Kier molecular flexibility index (Phi) is 4.82. The summed E-state index contributed by atoms with van der Waals surface area (Å²) < 4.78 is 27.1. The molecule has 0 radical (unpaired) electrons. The number of methoxy groups -OCH3 is 1. The minimum Gasteiger partial charge on any atom is -0.493 e. The van der Waals surface area contributed by atoms with Crippen molar-refractivity contribution in [3.8, 4) is 22.9 Å². The second-order valence-corrected chi connectivity index (χ2v) is 7.37. The van der Waals surface area contributed by atoms with Crippen molar-refractivity contribution in [1.29, 1.82) is 0 Å². The van der Waals surface area contributed by atoms with Gasteiger partial charge in [0, 0.05) is 58.9 Å². The number of ether oxygens (including phenoxy) is 2. The molecule has 4 heterocycles. The van der Waals surface area contributed by atoms with Crippen LogP contribution in [0.3, 0.4) is 0 Å². The van der Waals surface area contributed by atoms with Crippen LogP contribution in [0, 0.1) is 12.4 Å². The number of aryl methyl sites for hydroxylation is 1. The van der Waals surface area contributed by atoms with E-state index < -0.39 is 0 Å². The normalized spacial score (nSPS) is 12.3. The quantitative estimate of drug-likeness (QED) is 0.477. The van der Waals surface area contributed by atoms with Crippen LogP contribution in [-0.2, 0) is 20.0 Å². The van der Waals surface area contributed by atoms with E-state index in [1.54, 1.807) is 43.4 Å². The Balaban J connectivity index is 1.58. The van der Waals surface area contributed by atoms with Gasteiger partial charge in [-0.25, -0.2) is 14.4 Å². The van der Waals surface area contributed by atoms with Crippen molar-refractivity contribution in [3.63, 3.8) is 0 Å². The molecule has 0 fully saturated rings. The van der Waals surface area contributed by atoms with Crippen molar-refractivity contribution in [2.75, 3.05) is 19.0 Å². The predicted octanol–water partition coefficient (Wildman–Crippen LogP) is 4.28. The van der Waals surface area contributed by atoms with E-state index in [-0.39, 0.29) is 12.4 Å². The highest BCUT2D eigenvalue weighted by Gasteiger charge is 2.20. The molecule has 0 saturated carbocycles. The zero-order valence-electron chi connectivity index (χ0n) is 17.5. The summed E-state index contributed by atoms with van der Waals surface area (Å²) in [4.78, 5) is 12.3. The Bertz CT molecular complexity index is 1390. The molecule has 9 heteroatoms. The number of hydrogen-bond acceptors (Lipinski definition) is 6. The minimum absolute atomic E-state index is 0.263. The van der Waals surface area contributed by atoms with E-state index in [0.29, 0.717) is 36.1 Å². The molecule has 1 aliphatic heterocycles. The van der Waals surface area contributed by atoms with Gasteiger partial charge in [-0.3, -0.25) is 0 Å². The number of benzene rings is 1. The maximum Gasteiger partial charge on any atom is 0.296 e. The van der Waals surface area contributed by atoms with E-state index in [2.05, 4.69) is 25.2 Å². The van der Waals surface area contributed by atoms with E-state index >= 15 is 0 Å². The number of nitrogens with zero attached hydrogens (tertiary/aromatic N) is 5. The SMILES string of the molecule is [C-]#[N+]c1cc(-c2cnc(NCc3c(F)ccc4c3CCO4)c3cnc(OC)cc23)n(C)n1. The summed E-state index contributed by atoms with van der Waals surface area (Å²) in [6.07, 6.45) is 4.07. The molecule has 32 heavy (non-hydrogen) atoms. The lowest BCUT2D eigenvalue weighted by atomic mass is 10.0. The Hall–Kier alpha value is -4.19. The van der Waals surface area contributed by atoms with Gasteiger partial charge in [-0.1, -0.05) is 6.57 Å². The molecule has 8 nitrogen and oxygen atoms in total. The molecule has 1 aromatic carbocycles. The highest BCUT2D eigenvalue weighted by atomic mass is 19.1. The lowest BCUT2D eigenvalue weighted by Gasteiger charge is -2.14. The molecule has 1 aliphatic rings. The molecule has 0 unspecified atom stereocenters. The smallest absolute Gasteiger partial charge is 0.296 e. The van der Waals surface area contributed by atoms with Gasteiger partial charge in [0.1, 0.15) is 17.4 Å². The minimum atomic E-state index is -0.274. The van der Waals surface area contributed by atoms with E-state index in [9.17, 15) is 4.39 Å². The second kappa shape index (κ2) is 7.81. The highest BCUT2D eigenvalue weighted by molar-refractivity contribution is 6.01. The first-order chi connectivity index (χ1) is 15.6. The first-order valence-electron chi connectivity index (χ1n) is 10.0. The van der Waals surface area contributed by atoms with Crippen LogP contribution < -0.4 is 14.8 Å². The van der Waals surface area contributed by atoms with Gasteiger partial charge in [-0.2, -0.15) is 4.68 Å². The molecule has 0 spiro atoms. The molecule has 3 aromatic heterocycles. The van der Waals surface area contributed by atoms with Crippen LogP contribution in [0.2, 0.25) is 0 Å². The average Bonchev–Trinajstić information content (AvgIpc) is 3.44. The zero-order chi connectivity index (χ0) is 22.2. The van der Waals surface area contributed by atoms with Crippen molar-refractivity contribution in [1.82, 2.24) is 19.7 Å². The second-order valence-electron chi connectivity index (χ2n) is 7.37. The number of anilines is 1. The molecule has 4 aromatic rings. The first kappa shape index (κ1) is 19.8. The van der Waals surface area contributed by atoms with Crippen LogP contribution in [0.1, 0.15) is 11.1 Å². The third kappa shape index (κ3) is 3.26. The first-order valence-corrected chi connectivity index (χ1v) is 10.0. The van der Waals surface area contributed by atoms with Crippen molar-refractivity contribution in [2.45, 2.75) is 13.0 Å². The van der Waals surface area contributed by atoms with Gasteiger partial charge >= 0.3 is 0 Å². The fourth-order valence-corrected chi connectivity index (χ4v) is 4.01. The standard InChI is InChI=1S/C23H19FN6O2/c1-25-21-9-19(30(2)29-21)16-11-28-23(17-12-26-22(31-3)8-14(16)17)27-10-15-13-6-7-32-20(13)5-4-18(15)24/h4-5,8-9,11-12H,6-7,10H2,2-3H3,(H,27,28). The number of aromatic nitrogens is 4. The fourth-order valence-electron chi connectivity index (χ4n) is 4.01. The Morgan fingerprint density at radius 3 is 2.91 bits per heavy atom.